The van der Waals surface area contributed by atoms with Crippen molar-refractivity contribution in [3.63, 3.8) is 0 Å². The first-order chi connectivity index (χ1) is 9.93. The smallest absolute Gasteiger partial charge is 0.374 e. The molecule has 1 aliphatic heterocycles. The van der Waals surface area contributed by atoms with Gasteiger partial charge in [-0.15, -0.1) is 0 Å². The molecule has 0 saturated heterocycles. The first-order valence-corrected chi connectivity index (χ1v) is 6.29. The second-order valence-corrected chi connectivity index (χ2v) is 4.74. The van der Waals surface area contributed by atoms with Gasteiger partial charge in [0.15, 0.2) is 0 Å². The van der Waals surface area contributed by atoms with Gasteiger partial charge >= 0.3 is 6.18 Å². The Morgan fingerprint density at radius 3 is 2.24 bits per heavy atom. The van der Waals surface area contributed by atoms with Gasteiger partial charge in [0.2, 0.25) is 5.91 Å². The molecule has 0 atom stereocenters. The normalized spacial score (nSPS) is 14.1. The van der Waals surface area contributed by atoms with Crippen LogP contribution in [-0.4, -0.2) is 12.5 Å². The van der Waals surface area contributed by atoms with Gasteiger partial charge in [0.05, 0.1) is 23.5 Å². The Hall–Kier alpha value is -2.50. The molecular weight excluding hydrogens is 281 g/mol. The molecule has 0 spiro atoms. The van der Waals surface area contributed by atoms with Crippen LogP contribution in [0.4, 0.5) is 24.5 Å². The highest BCUT2D eigenvalue weighted by Crippen LogP contribution is 2.33. The largest absolute Gasteiger partial charge is 0.416 e. The van der Waals surface area contributed by atoms with E-state index in [9.17, 15) is 18.0 Å². The lowest BCUT2D eigenvalue weighted by Crippen LogP contribution is -2.27. The lowest BCUT2D eigenvalue weighted by molar-refractivity contribution is -0.137. The van der Waals surface area contributed by atoms with E-state index in [0.29, 0.717) is 11.3 Å². The zero-order chi connectivity index (χ0) is 15.0. The Morgan fingerprint density at radius 2 is 1.57 bits per heavy atom. The number of carbonyl (C=O) groups is 1. The highest BCUT2D eigenvalue weighted by Gasteiger charge is 2.30. The number of halogens is 3. The van der Waals surface area contributed by atoms with Gasteiger partial charge in [-0.1, -0.05) is 18.2 Å². The zero-order valence-corrected chi connectivity index (χ0v) is 10.8. The second kappa shape index (κ2) is 4.80. The van der Waals surface area contributed by atoms with Crippen LogP contribution in [0.1, 0.15) is 5.56 Å². The lowest BCUT2D eigenvalue weighted by Gasteiger charge is -2.19. The van der Waals surface area contributed by atoms with Crippen molar-refractivity contribution in [1.82, 2.24) is 0 Å². The molecule has 0 aliphatic carbocycles. The number of nitrogens with one attached hydrogen (secondary N) is 2. The Labute approximate surface area is 118 Å². The summed E-state index contributed by atoms with van der Waals surface area (Å²) in [6.07, 6.45) is -4.34. The number of benzene rings is 2. The quantitative estimate of drug-likeness (QED) is 0.840. The number of fused-ring (bicyclic) bond motifs is 1. The molecule has 108 valence electrons. The topological polar surface area (TPSA) is 41.1 Å². The average molecular weight is 292 g/mol. The molecule has 0 radical (unpaired) electrons. The first kappa shape index (κ1) is 13.5. The van der Waals surface area contributed by atoms with Crippen molar-refractivity contribution in [2.45, 2.75) is 6.18 Å². The van der Waals surface area contributed by atoms with E-state index in [4.69, 9.17) is 0 Å². The van der Waals surface area contributed by atoms with E-state index in [0.717, 1.165) is 23.4 Å². The van der Waals surface area contributed by atoms with Gasteiger partial charge in [0, 0.05) is 0 Å². The van der Waals surface area contributed by atoms with Crippen LogP contribution in [0, 0.1) is 0 Å². The van der Waals surface area contributed by atoms with Gasteiger partial charge < -0.3 is 10.6 Å². The third-order valence-corrected chi connectivity index (χ3v) is 3.28. The van der Waals surface area contributed by atoms with Crippen molar-refractivity contribution in [3.8, 4) is 11.1 Å². The summed E-state index contributed by atoms with van der Waals surface area (Å²) in [6, 6.07) is 10.3. The van der Waals surface area contributed by atoms with Crippen molar-refractivity contribution in [3.05, 3.63) is 48.0 Å². The predicted octanol–water partition coefficient (Wildman–Crippen LogP) is 3.74. The summed E-state index contributed by atoms with van der Waals surface area (Å²) in [4.78, 5) is 11.3. The molecule has 2 aromatic carbocycles. The van der Waals surface area contributed by atoms with E-state index in [2.05, 4.69) is 10.6 Å². The molecule has 1 aliphatic rings. The van der Waals surface area contributed by atoms with E-state index >= 15 is 0 Å². The minimum Gasteiger partial charge on any atom is -0.374 e. The Morgan fingerprint density at radius 1 is 0.905 bits per heavy atom. The summed E-state index contributed by atoms with van der Waals surface area (Å²) < 4.78 is 37.6. The van der Waals surface area contributed by atoms with Crippen molar-refractivity contribution < 1.29 is 18.0 Å². The second-order valence-electron chi connectivity index (χ2n) is 4.74. The van der Waals surface area contributed by atoms with E-state index in [-0.39, 0.29) is 12.5 Å². The molecule has 0 unspecified atom stereocenters. The van der Waals surface area contributed by atoms with Crippen molar-refractivity contribution >= 4 is 17.3 Å². The van der Waals surface area contributed by atoms with Crippen LogP contribution in [0.2, 0.25) is 0 Å². The number of alkyl halides is 3. The monoisotopic (exact) mass is 292 g/mol. The minimum atomic E-state index is -4.34. The van der Waals surface area contributed by atoms with Crippen molar-refractivity contribution in [2.24, 2.45) is 0 Å². The Kier molecular flexibility index (Phi) is 3.08. The summed E-state index contributed by atoms with van der Waals surface area (Å²) in [5, 5.41) is 5.68. The molecule has 2 aromatic rings. The minimum absolute atomic E-state index is 0.146. The fourth-order valence-corrected chi connectivity index (χ4v) is 2.20. The standard InChI is InChI=1S/C15H11F3N2O/c16-15(17,18)11-4-1-9(2-5-11)10-3-6-12-13(7-10)20-14(21)8-19-12/h1-7,19H,8H2,(H,20,21). The van der Waals surface area contributed by atoms with Crippen LogP contribution < -0.4 is 10.6 Å². The van der Waals surface area contributed by atoms with E-state index in [1.807, 2.05) is 0 Å². The van der Waals surface area contributed by atoms with Crippen LogP contribution in [0.15, 0.2) is 42.5 Å². The molecule has 0 bridgehead atoms. The zero-order valence-electron chi connectivity index (χ0n) is 10.8. The fraction of sp³-hybridized carbons (Fsp3) is 0.133. The molecular formula is C15H11F3N2O. The highest BCUT2D eigenvalue weighted by atomic mass is 19.4. The number of rotatable bonds is 1. The molecule has 3 nitrogen and oxygen atoms in total. The Bertz CT molecular complexity index is 693. The molecule has 0 saturated carbocycles. The summed E-state index contributed by atoms with van der Waals surface area (Å²) in [5.74, 6) is -0.146. The molecule has 3 rings (SSSR count). The third kappa shape index (κ3) is 2.69. The molecule has 0 aromatic heterocycles. The fourth-order valence-electron chi connectivity index (χ4n) is 2.20. The number of hydrogen-bond donors (Lipinski definition) is 2. The van der Waals surface area contributed by atoms with Crippen molar-refractivity contribution in [2.75, 3.05) is 17.2 Å². The van der Waals surface area contributed by atoms with Crippen LogP contribution >= 0.6 is 0 Å². The van der Waals surface area contributed by atoms with Gasteiger partial charge in [-0.05, 0) is 35.4 Å². The maximum Gasteiger partial charge on any atom is 0.416 e. The number of anilines is 2. The summed E-state index contributed by atoms with van der Waals surface area (Å²) >= 11 is 0. The molecule has 1 amide bonds. The summed E-state index contributed by atoms with van der Waals surface area (Å²) in [5.41, 5.74) is 2.14. The predicted molar refractivity (Wildman–Crippen MR) is 74.0 cm³/mol. The lowest BCUT2D eigenvalue weighted by atomic mass is 10.0. The van der Waals surface area contributed by atoms with Gasteiger partial charge in [-0.3, -0.25) is 4.79 Å². The number of hydrogen-bond acceptors (Lipinski definition) is 2. The van der Waals surface area contributed by atoms with Crippen LogP contribution in [0.5, 0.6) is 0 Å². The SMILES string of the molecule is O=C1CNc2ccc(-c3ccc(C(F)(F)F)cc3)cc2N1. The highest BCUT2D eigenvalue weighted by molar-refractivity contribution is 6.01. The van der Waals surface area contributed by atoms with Crippen molar-refractivity contribution in [1.29, 1.82) is 0 Å². The van der Waals surface area contributed by atoms with E-state index < -0.39 is 11.7 Å². The van der Waals surface area contributed by atoms with Gasteiger partial charge in [-0.2, -0.15) is 13.2 Å². The average Bonchev–Trinajstić information content (AvgIpc) is 2.45. The van der Waals surface area contributed by atoms with Crippen LogP contribution in [0.25, 0.3) is 11.1 Å². The number of carbonyl (C=O) groups excluding carboxylic acids is 1. The van der Waals surface area contributed by atoms with E-state index in [1.54, 1.807) is 18.2 Å². The van der Waals surface area contributed by atoms with Gasteiger partial charge in [0.25, 0.3) is 0 Å². The summed E-state index contributed by atoms with van der Waals surface area (Å²) in [7, 11) is 0. The molecule has 21 heavy (non-hydrogen) atoms. The molecule has 0 fully saturated rings. The summed E-state index contributed by atoms with van der Waals surface area (Å²) in [6.45, 7) is 0.215. The van der Waals surface area contributed by atoms with Crippen LogP contribution in [0.3, 0.4) is 0 Å². The van der Waals surface area contributed by atoms with E-state index in [1.165, 1.54) is 12.1 Å². The van der Waals surface area contributed by atoms with Gasteiger partial charge in [-0.25, -0.2) is 0 Å². The molecule has 6 heteroatoms. The molecule has 1 heterocycles. The van der Waals surface area contributed by atoms with Gasteiger partial charge in [0.1, 0.15) is 0 Å². The maximum atomic E-state index is 12.5. The third-order valence-electron chi connectivity index (χ3n) is 3.28. The molecule has 2 N–H and O–H groups in total. The Balaban J connectivity index is 1.94. The maximum absolute atomic E-state index is 12.5. The van der Waals surface area contributed by atoms with Crippen LogP contribution in [-0.2, 0) is 11.0 Å². The first-order valence-electron chi connectivity index (χ1n) is 6.29. The number of amides is 1.